The lowest BCUT2D eigenvalue weighted by Gasteiger charge is -2.11. The largest absolute Gasteiger partial charge is 0.504 e. The number of likely N-dealkylation sites (N-methyl/N-ethyl adjacent to an activating group) is 1. The highest BCUT2D eigenvalue weighted by molar-refractivity contribution is 5.66. The number of rotatable bonds is 0. The van der Waals surface area contributed by atoms with Gasteiger partial charge in [0.05, 0.1) is 0 Å². The van der Waals surface area contributed by atoms with Crippen LogP contribution in [0.25, 0.3) is 0 Å². The number of hydrogen-bond acceptors (Lipinski definition) is 3. The summed E-state index contributed by atoms with van der Waals surface area (Å²) in [5.74, 6) is 0.0147. The minimum Gasteiger partial charge on any atom is -0.504 e. The highest BCUT2D eigenvalue weighted by Gasteiger charge is 2.20. The van der Waals surface area contributed by atoms with Crippen LogP contribution in [-0.2, 0) is 6.42 Å². The van der Waals surface area contributed by atoms with E-state index in [1.807, 2.05) is 13.1 Å². The first-order valence-electron chi connectivity index (χ1n) is 3.95. The maximum atomic E-state index is 9.46. The van der Waals surface area contributed by atoms with Crippen molar-refractivity contribution in [2.24, 2.45) is 0 Å². The van der Waals surface area contributed by atoms with Crippen molar-refractivity contribution in [3.8, 4) is 11.5 Å². The fourth-order valence-corrected chi connectivity index (χ4v) is 1.62. The van der Waals surface area contributed by atoms with Crippen LogP contribution >= 0.6 is 0 Å². The van der Waals surface area contributed by atoms with Crippen molar-refractivity contribution in [2.45, 2.75) is 6.42 Å². The third-order valence-electron chi connectivity index (χ3n) is 2.35. The Kier molecular flexibility index (Phi) is 1.40. The zero-order valence-corrected chi connectivity index (χ0v) is 6.91. The van der Waals surface area contributed by atoms with Gasteiger partial charge in [-0.1, -0.05) is 0 Å². The quantitative estimate of drug-likeness (QED) is 0.565. The maximum Gasteiger partial charge on any atom is 0.162 e. The minimum atomic E-state index is -0.0240. The van der Waals surface area contributed by atoms with E-state index in [9.17, 15) is 10.2 Å². The van der Waals surface area contributed by atoms with Gasteiger partial charge in [0.25, 0.3) is 0 Å². The first-order valence-corrected chi connectivity index (χ1v) is 3.95. The van der Waals surface area contributed by atoms with E-state index in [4.69, 9.17) is 0 Å². The molecule has 0 atom stereocenters. The zero-order chi connectivity index (χ0) is 8.72. The van der Waals surface area contributed by atoms with Crippen LogP contribution in [-0.4, -0.2) is 23.8 Å². The normalized spacial score (nSPS) is 14.9. The maximum absolute atomic E-state index is 9.46. The standard InChI is InChI=1S/C9H11NO2/c1-10-5-4-6-7(10)2-3-8(11)9(6)12/h2-3,11-12H,4-5H2,1H3. The number of benzene rings is 1. The first kappa shape index (κ1) is 7.28. The van der Waals surface area contributed by atoms with Gasteiger partial charge in [-0.05, 0) is 18.6 Å². The summed E-state index contributed by atoms with van der Waals surface area (Å²) in [6, 6.07) is 3.35. The number of nitrogens with zero attached hydrogens (tertiary/aromatic N) is 1. The Bertz CT molecular complexity index is 323. The lowest BCUT2D eigenvalue weighted by molar-refractivity contribution is 0.401. The average Bonchev–Trinajstić information content (AvgIpc) is 2.41. The lowest BCUT2D eigenvalue weighted by atomic mass is 10.1. The predicted octanol–water partition coefficient (Wildman–Crippen LogP) is 1.09. The molecule has 0 aliphatic carbocycles. The molecule has 1 aliphatic heterocycles. The SMILES string of the molecule is CN1CCc2c1ccc(O)c2O. The van der Waals surface area contributed by atoms with Gasteiger partial charge in [0.1, 0.15) is 0 Å². The summed E-state index contributed by atoms with van der Waals surface area (Å²) in [6.07, 6.45) is 0.812. The van der Waals surface area contributed by atoms with E-state index < -0.39 is 0 Å². The molecule has 2 N–H and O–H groups in total. The molecule has 3 nitrogen and oxygen atoms in total. The Morgan fingerprint density at radius 3 is 2.83 bits per heavy atom. The van der Waals surface area contributed by atoms with Gasteiger partial charge < -0.3 is 15.1 Å². The van der Waals surface area contributed by atoms with Crippen LogP contribution in [0.5, 0.6) is 11.5 Å². The average molecular weight is 165 g/mol. The van der Waals surface area contributed by atoms with E-state index in [-0.39, 0.29) is 11.5 Å². The molecular formula is C9H11NO2. The van der Waals surface area contributed by atoms with Gasteiger partial charge in [-0.15, -0.1) is 0 Å². The molecule has 0 saturated carbocycles. The summed E-state index contributed by atoms with van der Waals surface area (Å²) < 4.78 is 0. The van der Waals surface area contributed by atoms with Crippen molar-refractivity contribution in [3.63, 3.8) is 0 Å². The number of anilines is 1. The molecular weight excluding hydrogens is 154 g/mol. The van der Waals surface area contributed by atoms with Crippen LogP contribution < -0.4 is 4.90 Å². The van der Waals surface area contributed by atoms with Crippen molar-refractivity contribution >= 4 is 5.69 Å². The molecule has 0 amide bonds. The molecule has 0 bridgehead atoms. The Morgan fingerprint density at radius 1 is 1.33 bits per heavy atom. The number of hydrogen-bond donors (Lipinski definition) is 2. The van der Waals surface area contributed by atoms with Crippen LogP contribution in [0.2, 0.25) is 0 Å². The molecule has 12 heavy (non-hydrogen) atoms. The van der Waals surface area contributed by atoms with Gasteiger partial charge in [0.2, 0.25) is 0 Å². The summed E-state index contributed by atoms with van der Waals surface area (Å²) in [4.78, 5) is 2.06. The summed E-state index contributed by atoms with van der Waals surface area (Å²) in [6.45, 7) is 0.909. The Labute approximate surface area is 70.9 Å². The molecule has 2 rings (SSSR count). The van der Waals surface area contributed by atoms with Crippen LogP contribution in [0.15, 0.2) is 12.1 Å². The summed E-state index contributed by atoms with van der Waals surface area (Å²) >= 11 is 0. The summed E-state index contributed by atoms with van der Waals surface area (Å²) in [7, 11) is 1.97. The fraction of sp³-hybridized carbons (Fsp3) is 0.333. The van der Waals surface area contributed by atoms with Crippen molar-refractivity contribution in [2.75, 3.05) is 18.5 Å². The second-order valence-corrected chi connectivity index (χ2v) is 3.10. The molecule has 0 saturated heterocycles. The molecule has 1 aromatic carbocycles. The molecule has 1 heterocycles. The molecule has 0 aromatic heterocycles. The fourth-order valence-electron chi connectivity index (χ4n) is 1.62. The van der Waals surface area contributed by atoms with Gasteiger partial charge in [-0.25, -0.2) is 0 Å². The van der Waals surface area contributed by atoms with Gasteiger partial charge in [-0.2, -0.15) is 0 Å². The molecule has 0 fully saturated rings. The third kappa shape index (κ3) is 0.826. The summed E-state index contributed by atoms with van der Waals surface area (Å²) in [5.41, 5.74) is 1.88. The smallest absolute Gasteiger partial charge is 0.162 e. The van der Waals surface area contributed by atoms with Crippen molar-refractivity contribution in [1.82, 2.24) is 0 Å². The van der Waals surface area contributed by atoms with Crippen LogP contribution in [0, 0.1) is 0 Å². The molecule has 0 unspecified atom stereocenters. The molecule has 1 aliphatic rings. The van der Waals surface area contributed by atoms with E-state index in [2.05, 4.69) is 4.90 Å². The highest BCUT2D eigenvalue weighted by Crippen LogP contribution is 2.39. The Morgan fingerprint density at radius 2 is 2.08 bits per heavy atom. The number of fused-ring (bicyclic) bond motifs is 1. The second kappa shape index (κ2) is 2.30. The monoisotopic (exact) mass is 165 g/mol. The van der Waals surface area contributed by atoms with Crippen LogP contribution in [0.4, 0.5) is 5.69 Å². The van der Waals surface area contributed by atoms with E-state index in [0.717, 1.165) is 24.2 Å². The van der Waals surface area contributed by atoms with E-state index >= 15 is 0 Å². The minimum absolute atomic E-state index is 0.0240. The van der Waals surface area contributed by atoms with E-state index in [1.165, 1.54) is 6.07 Å². The van der Waals surface area contributed by atoms with Gasteiger partial charge in [-0.3, -0.25) is 0 Å². The van der Waals surface area contributed by atoms with Crippen LogP contribution in [0.3, 0.4) is 0 Å². The molecule has 0 spiro atoms. The van der Waals surface area contributed by atoms with Gasteiger partial charge in [0.15, 0.2) is 11.5 Å². The van der Waals surface area contributed by atoms with Crippen LogP contribution in [0.1, 0.15) is 5.56 Å². The molecule has 1 aromatic rings. The predicted molar refractivity (Wildman–Crippen MR) is 46.7 cm³/mol. The number of phenolic OH excluding ortho intramolecular Hbond substituents is 2. The molecule has 0 radical (unpaired) electrons. The van der Waals surface area contributed by atoms with Crippen molar-refractivity contribution in [1.29, 1.82) is 0 Å². The first-order chi connectivity index (χ1) is 5.70. The van der Waals surface area contributed by atoms with Crippen molar-refractivity contribution < 1.29 is 10.2 Å². The third-order valence-corrected chi connectivity index (χ3v) is 2.35. The zero-order valence-electron chi connectivity index (χ0n) is 6.91. The molecule has 64 valence electrons. The van der Waals surface area contributed by atoms with E-state index in [1.54, 1.807) is 0 Å². The van der Waals surface area contributed by atoms with Gasteiger partial charge >= 0.3 is 0 Å². The number of aromatic hydroxyl groups is 2. The molecule has 3 heteroatoms. The summed E-state index contributed by atoms with van der Waals surface area (Å²) in [5, 5.41) is 18.7. The highest BCUT2D eigenvalue weighted by atomic mass is 16.3. The Hall–Kier alpha value is -1.38. The van der Waals surface area contributed by atoms with E-state index in [0.29, 0.717) is 0 Å². The lowest BCUT2D eigenvalue weighted by Crippen LogP contribution is -2.12. The number of phenols is 2. The van der Waals surface area contributed by atoms with Crippen molar-refractivity contribution in [3.05, 3.63) is 17.7 Å². The second-order valence-electron chi connectivity index (χ2n) is 3.10. The topological polar surface area (TPSA) is 43.7 Å². The Balaban J connectivity index is 2.60. The van der Waals surface area contributed by atoms with Gasteiger partial charge in [0, 0.05) is 24.8 Å².